The highest BCUT2D eigenvalue weighted by atomic mass is 35.5. The first-order valence-electron chi connectivity index (χ1n) is 17.0. The molecule has 11 heteroatoms. The number of anilines is 1. The zero-order valence-corrected chi connectivity index (χ0v) is 30.7. The quantitative estimate of drug-likeness (QED) is 0.142. The molecule has 4 aromatic rings. The topological polar surface area (TPSA) is 96.0 Å². The molecule has 0 bridgehead atoms. The molecule has 0 aliphatic heterocycles. The molecule has 0 heterocycles. The normalized spacial score (nSPS) is 14.1. The molecule has 8 nitrogen and oxygen atoms in total. The number of amides is 2. The second-order valence-electron chi connectivity index (χ2n) is 12.5. The lowest BCUT2D eigenvalue weighted by Crippen LogP contribution is -2.55. The van der Waals surface area contributed by atoms with Crippen molar-refractivity contribution in [3.05, 3.63) is 124 Å². The van der Waals surface area contributed by atoms with Gasteiger partial charge in [0.15, 0.2) is 0 Å². The van der Waals surface area contributed by atoms with Gasteiger partial charge in [-0.1, -0.05) is 109 Å². The predicted octanol–water partition coefficient (Wildman–Crippen LogP) is 7.98. The summed E-state index contributed by atoms with van der Waals surface area (Å²) in [7, 11) is -4.30. The standard InChI is InChI=1S/C39H43Cl2N3O5S/c1-3-49-37-20-11-10-19-35(37)44(50(47,48)31-23-21-28(2)22-24-31)27-38(45)43(26-32-33(40)17-12-18-34(32)41)36(25-29-13-6-4-7-14-29)39(46)42-30-15-8-5-9-16-30/h4,6-7,10-14,17-24,30,36H,3,5,8-9,15-16,25-27H2,1-2H3,(H,42,46)/t36-/m0/s1. The van der Waals surface area contributed by atoms with Gasteiger partial charge < -0.3 is 15.0 Å². The Hall–Kier alpha value is -4.05. The van der Waals surface area contributed by atoms with Crippen LogP contribution < -0.4 is 14.4 Å². The summed E-state index contributed by atoms with van der Waals surface area (Å²) in [5.41, 5.74) is 2.38. The Morgan fingerprint density at radius 1 is 0.860 bits per heavy atom. The molecule has 1 N–H and O–H groups in total. The molecule has 1 aliphatic rings. The van der Waals surface area contributed by atoms with Crippen LogP contribution >= 0.6 is 23.2 Å². The maximum Gasteiger partial charge on any atom is 0.264 e. The van der Waals surface area contributed by atoms with Crippen LogP contribution in [0.25, 0.3) is 0 Å². The van der Waals surface area contributed by atoms with Crippen LogP contribution in [-0.4, -0.2) is 50.4 Å². The number of sulfonamides is 1. The minimum absolute atomic E-state index is 0.0128. The van der Waals surface area contributed by atoms with E-state index in [9.17, 15) is 18.0 Å². The van der Waals surface area contributed by atoms with E-state index in [0.29, 0.717) is 21.4 Å². The van der Waals surface area contributed by atoms with Gasteiger partial charge in [0.25, 0.3) is 10.0 Å². The Labute approximate surface area is 305 Å². The van der Waals surface area contributed by atoms with Crippen LogP contribution in [0.15, 0.2) is 102 Å². The number of benzene rings is 4. The second-order valence-corrected chi connectivity index (χ2v) is 15.2. The Kier molecular flexibility index (Phi) is 12.8. The van der Waals surface area contributed by atoms with E-state index in [1.807, 2.05) is 37.3 Å². The van der Waals surface area contributed by atoms with Crippen molar-refractivity contribution in [1.82, 2.24) is 10.2 Å². The Morgan fingerprint density at radius 3 is 2.16 bits per heavy atom. The number of halogens is 2. The fourth-order valence-electron chi connectivity index (χ4n) is 6.24. The van der Waals surface area contributed by atoms with Gasteiger partial charge in [0.1, 0.15) is 18.3 Å². The summed E-state index contributed by atoms with van der Waals surface area (Å²) in [6.07, 6.45) is 5.03. The van der Waals surface area contributed by atoms with E-state index in [-0.39, 0.29) is 42.1 Å². The maximum absolute atomic E-state index is 14.9. The van der Waals surface area contributed by atoms with Gasteiger partial charge >= 0.3 is 0 Å². The summed E-state index contributed by atoms with van der Waals surface area (Å²) in [5.74, 6) is -0.627. The van der Waals surface area contributed by atoms with Crippen molar-refractivity contribution in [2.75, 3.05) is 17.5 Å². The number of aryl methyl sites for hydroxylation is 1. The molecule has 1 fully saturated rings. The molecule has 0 unspecified atom stereocenters. The summed E-state index contributed by atoms with van der Waals surface area (Å²) in [5, 5.41) is 3.86. The van der Waals surface area contributed by atoms with Crippen molar-refractivity contribution in [1.29, 1.82) is 0 Å². The molecule has 5 rings (SSSR count). The van der Waals surface area contributed by atoms with E-state index >= 15 is 0 Å². The van der Waals surface area contributed by atoms with Crippen LogP contribution in [0.4, 0.5) is 5.69 Å². The van der Waals surface area contributed by atoms with E-state index < -0.39 is 28.5 Å². The van der Waals surface area contributed by atoms with Crippen molar-refractivity contribution < 1.29 is 22.7 Å². The number of rotatable bonds is 14. The van der Waals surface area contributed by atoms with Gasteiger partial charge in [-0.15, -0.1) is 0 Å². The van der Waals surface area contributed by atoms with E-state index in [1.165, 1.54) is 17.0 Å². The largest absolute Gasteiger partial charge is 0.492 e. The number of carbonyl (C=O) groups excluding carboxylic acids is 2. The lowest BCUT2D eigenvalue weighted by molar-refractivity contribution is -0.140. The van der Waals surface area contributed by atoms with E-state index in [2.05, 4.69) is 5.32 Å². The molecule has 1 atom stereocenters. The Bertz CT molecular complexity index is 1850. The zero-order chi connectivity index (χ0) is 35.7. The lowest BCUT2D eigenvalue weighted by atomic mass is 9.94. The molecule has 0 radical (unpaired) electrons. The first kappa shape index (κ1) is 37.2. The molecular weight excluding hydrogens is 693 g/mol. The molecule has 50 heavy (non-hydrogen) atoms. The minimum Gasteiger partial charge on any atom is -0.492 e. The summed E-state index contributed by atoms with van der Waals surface area (Å²) in [4.78, 5) is 30.7. The number of carbonyl (C=O) groups is 2. The minimum atomic E-state index is -4.30. The number of para-hydroxylation sites is 2. The van der Waals surface area contributed by atoms with Gasteiger partial charge in [-0.3, -0.25) is 13.9 Å². The monoisotopic (exact) mass is 735 g/mol. The van der Waals surface area contributed by atoms with Gasteiger partial charge in [0, 0.05) is 34.6 Å². The van der Waals surface area contributed by atoms with Crippen LogP contribution in [0.5, 0.6) is 5.75 Å². The molecule has 1 saturated carbocycles. The van der Waals surface area contributed by atoms with Crippen molar-refractivity contribution in [2.45, 2.75) is 75.9 Å². The Morgan fingerprint density at radius 2 is 1.50 bits per heavy atom. The smallest absolute Gasteiger partial charge is 0.264 e. The van der Waals surface area contributed by atoms with E-state index in [0.717, 1.165) is 47.5 Å². The van der Waals surface area contributed by atoms with Crippen LogP contribution in [0.1, 0.15) is 55.7 Å². The van der Waals surface area contributed by atoms with Crippen molar-refractivity contribution >= 4 is 50.7 Å². The molecule has 0 spiro atoms. The molecule has 264 valence electrons. The number of hydrogen-bond donors (Lipinski definition) is 1. The van der Waals surface area contributed by atoms with Gasteiger partial charge in [0.2, 0.25) is 11.8 Å². The third-order valence-corrected chi connectivity index (χ3v) is 11.4. The fourth-order valence-corrected chi connectivity index (χ4v) is 8.19. The van der Waals surface area contributed by atoms with Gasteiger partial charge in [0.05, 0.1) is 17.2 Å². The first-order chi connectivity index (χ1) is 24.1. The van der Waals surface area contributed by atoms with Gasteiger partial charge in [-0.2, -0.15) is 0 Å². The van der Waals surface area contributed by atoms with Gasteiger partial charge in [-0.25, -0.2) is 8.42 Å². The number of nitrogens with zero attached hydrogens (tertiary/aromatic N) is 2. The molecular formula is C39H43Cl2N3O5S. The molecule has 0 saturated heterocycles. The summed E-state index contributed by atoms with van der Waals surface area (Å²) >= 11 is 13.3. The van der Waals surface area contributed by atoms with E-state index in [1.54, 1.807) is 61.5 Å². The SMILES string of the molecule is CCOc1ccccc1N(CC(=O)N(Cc1c(Cl)cccc1Cl)[C@@H](Cc1ccccc1)C(=O)NC1CCCCC1)S(=O)(=O)c1ccc(C)cc1. The first-order valence-corrected chi connectivity index (χ1v) is 19.2. The molecule has 1 aliphatic carbocycles. The summed E-state index contributed by atoms with van der Waals surface area (Å²) in [6, 6.07) is 26.6. The number of ether oxygens (including phenoxy) is 1. The fraction of sp³-hybridized carbons (Fsp3) is 0.333. The maximum atomic E-state index is 14.9. The van der Waals surface area contributed by atoms with Crippen LogP contribution in [0.2, 0.25) is 10.0 Å². The summed E-state index contributed by atoms with van der Waals surface area (Å²) in [6.45, 7) is 3.20. The second kappa shape index (κ2) is 17.2. The van der Waals surface area contributed by atoms with Crippen LogP contribution in [0.3, 0.4) is 0 Å². The highest BCUT2D eigenvalue weighted by Gasteiger charge is 2.36. The lowest BCUT2D eigenvalue weighted by Gasteiger charge is -2.35. The average Bonchev–Trinajstić information content (AvgIpc) is 3.11. The third kappa shape index (κ3) is 9.19. The van der Waals surface area contributed by atoms with Crippen molar-refractivity contribution in [3.63, 3.8) is 0 Å². The van der Waals surface area contributed by atoms with Crippen LogP contribution in [0, 0.1) is 6.92 Å². The summed E-state index contributed by atoms with van der Waals surface area (Å²) < 4.78 is 35.8. The third-order valence-electron chi connectivity index (χ3n) is 8.93. The van der Waals surface area contributed by atoms with Gasteiger partial charge in [-0.05, 0) is 68.7 Å². The highest BCUT2D eigenvalue weighted by molar-refractivity contribution is 7.92. The molecule has 0 aromatic heterocycles. The van der Waals surface area contributed by atoms with Crippen molar-refractivity contribution in [3.8, 4) is 5.75 Å². The molecule has 2 amide bonds. The molecule has 4 aromatic carbocycles. The number of nitrogens with one attached hydrogen (secondary N) is 1. The van der Waals surface area contributed by atoms with E-state index in [4.69, 9.17) is 27.9 Å². The van der Waals surface area contributed by atoms with Crippen LogP contribution in [-0.2, 0) is 32.6 Å². The van der Waals surface area contributed by atoms with Crippen molar-refractivity contribution in [2.24, 2.45) is 0 Å². The number of hydrogen-bond acceptors (Lipinski definition) is 5. The zero-order valence-electron chi connectivity index (χ0n) is 28.4. The average molecular weight is 737 g/mol. The highest BCUT2D eigenvalue weighted by Crippen LogP contribution is 2.34. The Balaban J connectivity index is 1.62. The predicted molar refractivity (Wildman–Crippen MR) is 199 cm³/mol.